The lowest BCUT2D eigenvalue weighted by atomic mass is 9.42. The molecule has 8 saturated carbocycles. The van der Waals surface area contributed by atoms with Crippen LogP contribution in [0.3, 0.4) is 0 Å². The first kappa shape index (κ1) is 41.2. The molecule has 4 unspecified atom stereocenters. The third-order valence-corrected chi connectivity index (χ3v) is 19.6. The molecule has 0 aliphatic heterocycles. The minimum Gasteiger partial charge on any atom is -0.341 e. The molecule has 0 spiro atoms. The van der Waals surface area contributed by atoms with Gasteiger partial charge in [-0.2, -0.15) is 0 Å². The number of aryl methyl sites for hydroxylation is 1. The van der Waals surface area contributed by atoms with Crippen molar-refractivity contribution in [3.63, 3.8) is 0 Å². The zero-order valence-electron chi connectivity index (χ0n) is 37.3. The monoisotopic (exact) mass is 934 g/mol. The van der Waals surface area contributed by atoms with Gasteiger partial charge in [-0.25, -0.2) is 4.98 Å². The maximum atomic E-state index is 6.56. The van der Waals surface area contributed by atoms with E-state index in [-0.39, 0.29) is 21.7 Å². The van der Waals surface area contributed by atoms with Crippen molar-refractivity contribution in [2.45, 2.75) is 101 Å². The van der Waals surface area contributed by atoms with Crippen molar-refractivity contribution in [1.29, 1.82) is 0 Å². The molecule has 0 saturated heterocycles. The number of thiazole rings is 1. The molecular formula is C57H57Cl3N4S. The first-order valence-electron chi connectivity index (χ1n) is 24.4. The van der Waals surface area contributed by atoms with Crippen molar-refractivity contribution in [1.82, 2.24) is 9.55 Å². The maximum absolute atomic E-state index is 6.56. The second-order valence-electron chi connectivity index (χ2n) is 22.1. The number of benzene rings is 5. The summed E-state index contributed by atoms with van der Waals surface area (Å²) in [6.07, 6.45) is 17.7. The fourth-order valence-corrected chi connectivity index (χ4v) is 17.7. The van der Waals surface area contributed by atoms with E-state index in [0.717, 1.165) is 63.5 Å². The van der Waals surface area contributed by atoms with Crippen LogP contribution in [-0.2, 0) is 17.4 Å². The van der Waals surface area contributed by atoms with Gasteiger partial charge in [0, 0.05) is 62.7 Å². The fourth-order valence-electron chi connectivity index (χ4n) is 16.4. The summed E-state index contributed by atoms with van der Waals surface area (Å²) in [6.45, 7) is 5.16. The number of para-hydroxylation sites is 1. The van der Waals surface area contributed by atoms with Gasteiger partial charge in [0.15, 0.2) is 0 Å². The zero-order valence-corrected chi connectivity index (χ0v) is 40.4. The molecule has 8 aliphatic rings. The molecule has 8 aliphatic carbocycles. The van der Waals surface area contributed by atoms with Gasteiger partial charge in [-0.15, -0.1) is 0 Å². The highest BCUT2D eigenvalue weighted by Gasteiger charge is 2.61. The van der Waals surface area contributed by atoms with E-state index < -0.39 is 0 Å². The lowest BCUT2D eigenvalue weighted by Crippen LogP contribution is -2.62. The molecule has 4 atom stereocenters. The van der Waals surface area contributed by atoms with Gasteiger partial charge in [0.25, 0.3) is 0 Å². The van der Waals surface area contributed by atoms with Crippen molar-refractivity contribution in [2.75, 3.05) is 23.1 Å². The summed E-state index contributed by atoms with van der Waals surface area (Å²) >= 11 is 21.4. The molecule has 7 aromatic rings. The first-order valence-corrected chi connectivity index (χ1v) is 26.3. The van der Waals surface area contributed by atoms with E-state index in [0.29, 0.717) is 0 Å². The van der Waals surface area contributed by atoms with Gasteiger partial charge < -0.3 is 4.57 Å². The van der Waals surface area contributed by atoms with Crippen LogP contribution in [0.25, 0.3) is 32.2 Å². The molecule has 2 aromatic heterocycles. The predicted octanol–water partition coefficient (Wildman–Crippen LogP) is 16.2. The quantitative estimate of drug-likeness (QED) is 0.121. The molecule has 8 fully saturated rings. The van der Waals surface area contributed by atoms with E-state index in [9.17, 15) is 0 Å². The highest BCUT2D eigenvalue weighted by Crippen LogP contribution is 2.68. The summed E-state index contributed by atoms with van der Waals surface area (Å²) in [7, 11) is 0. The SMILES string of the molecule is CCn1c2ccccc2c2cc(N(CC34CC5CC(C3)CC(c3ccc(Cl)cc3)(C5)C4)N(CC34CC5CC(C3)CC(c3ccc(Cl)cc3)(C5)C4)c3ncc(-c4ccc(Cl)cc4)s3)ccc21. The topological polar surface area (TPSA) is 24.3 Å². The van der Waals surface area contributed by atoms with Crippen LogP contribution in [-0.4, -0.2) is 22.6 Å². The Balaban J connectivity index is 0.981. The van der Waals surface area contributed by atoms with E-state index >= 15 is 0 Å². The predicted molar refractivity (Wildman–Crippen MR) is 273 cm³/mol. The standard InChI is InChI=1S/C57H57Cl3N4S/c1-2-62-50-6-4-3-5-48(50)49-23-47(19-20-51(49)62)63(35-54-24-37-21-38(25-54)29-56(28-37,33-54)42-9-15-45(59)16-10-42)64(53-61-32-52(65-53)41-7-13-44(58)14-8-41)36-55-26-39-22-40(27-55)31-57(30-39,34-55)43-11-17-46(60)18-12-43/h3-20,23,32,37-40H,2,21-22,24-31,33-36H2,1H3. The Kier molecular flexibility index (Phi) is 9.67. The number of nitrogens with zero attached hydrogens (tertiary/aromatic N) is 4. The highest BCUT2D eigenvalue weighted by atomic mass is 35.5. The number of fused-ring (bicyclic) bond motifs is 3. The van der Waals surface area contributed by atoms with Crippen molar-refractivity contribution in [2.24, 2.45) is 34.5 Å². The largest absolute Gasteiger partial charge is 0.341 e. The number of aromatic nitrogens is 2. The molecule has 0 amide bonds. The van der Waals surface area contributed by atoms with E-state index in [1.165, 1.54) is 126 Å². The molecule has 332 valence electrons. The average Bonchev–Trinajstić information content (AvgIpc) is 3.90. The van der Waals surface area contributed by atoms with Crippen LogP contribution >= 0.6 is 46.1 Å². The molecule has 15 rings (SSSR count). The minimum absolute atomic E-state index is 0.155. The van der Waals surface area contributed by atoms with Crippen LogP contribution in [0.1, 0.15) is 95.1 Å². The Morgan fingerprint density at radius 3 is 1.65 bits per heavy atom. The fraction of sp³-hybridized carbons (Fsp3) is 0.421. The molecular weight excluding hydrogens is 879 g/mol. The third kappa shape index (κ3) is 6.90. The second-order valence-corrected chi connectivity index (χ2v) is 24.4. The average molecular weight is 937 g/mol. The van der Waals surface area contributed by atoms with Crippen LogP contribution in [0, 0.1) is 34.5 Å². The van der Waals surface area contributed by atoms with Crippen LogP contribution in [0.4, 0.5) is 10.8 Å². The van der Waals surface area contributed by atoms with E-state index in [4.69, 9.17) is 39.8 Å². The van der Waals surface area contributed by atoms with Gasteiger partial charge >= 0.3 is 0 Å². The van der Waals surface area contributed by atoms with Crippen LogP contribution < -0.4 is 10.0 Å². The first-order chi connectivity index (χ1) is 31.6. The van der Waals surface area contributed by atoms with E-state index in [1.54, 1.807) is 0 Å². The van der Waals surface area contributed by atoms with Crippen LogP contribution in [0.15, 0.2) is 121 Å². The maximum Gasteiger partial charge on any atom is 0.204 e. The molecule has 5 aromatic carbocycles. The summed E-state index contributed by atoms with van der Waals surface area (Å²) in [4.78, 5) is 6.66. The van der Waals surface area contributed by atoms with Gasteiger partial charge in [-0.1, -0.05) is 101 Å². The molecule has 8 bridgehead atoms. The molecule has 65 heavy (non-hydrogen) atoms. The zero-order chi connectivity index (χ0) is 43.7. The molecule has 4 nitrogen and oxygen atoms in total. The lowest BCUT2D eigenvalue weighted by Gasteiger charge is -2.65. The second kappa shape index (κ2) is 15.3. The Morgan fingerprint density at radius 2 is 1.09 bits per heavy atom. The van der Waals surface area contributed by atoms with Crippen LogP contribution in [0.5, 0.6) is 0 Å². The third-order valence-electron chi connectivity index (χ3n) is 17.8. The number of hydrazine groups is 1. The smallest absolute Gasteiger partial charge is 0.204 e. The van der Waals surface area contributed by atoms with E-state index in [2.05, 4.69) is 131 Å². The Hall–Kier alpha value is -4.00. The van der Waals surface area contributed by atoms with Gasteiger partial charge in [0.2, 0.25) is 5.13 Å². The highest BCUT2D eigenvalue weighted by molar-refractivity contribution is 7.18. The number of rotatable bonds is 11. The molecule has 8 heteroatoms. The van der Waals surface area contributed by atoms with Crippen molar-refractivity contribution in [3.8, 4) is 10.4 Å². The summed E-state index contributed by atoms with van der Waals surface area (Å²) in [6, 6.07) is 42.8. The summed E-state index contributed by atoms with van der Waals surface area (Å²) in [5, 5.41) is 11.7. The van der Waals surface area contributed by atoms with E-state index in [1.807, 2.05) is 23.5 Å². The minimum atomic E-state index is 0.155. The van der Waals surface area contributed by atoms with Gasteiger partial charge in [0.05, 0.1) is 10.6 Å². The van der Waals surface area contributed by atoms with Gasteiger partial charge in [-0.3, -0.25) is 10.0 Å². The van der Waals surface area contributed by atoms with Crippen molar-refractivity contribution >= 4 is 78.8 Å². The normalized spacial score (nSPS) is 30.8. The summed E-state index contributed by atoms with van der Waals surface area (Å²) in [5.74, 6) is 2.96. The number of hydrogen-bond acceptors (Lipinski definition) is 4. The lowest BCUT2D eigenvalue weighted by molar-refractivity contribution is -0.0731. The molecule has 0 N–H and O–H groups in total. The Bertz CT molecular complexity index is 2910. The molecule has 0 radical (unpaired) electrons. The molecule has 2 heterocycles. The van der Waals surface area contributed by atoms with Crippen molar-refractivity contribution in [3.05, 3.63) is 148 Å². The van der Waals surface area contributed by atoms with Gasteiger partial charge in [-0.05, 0) is 207 Å². The number of halogens is 3. The van der Waals surface area contributed by atoms with Gasteiger partial charge in [0.1, 0.15) is 0 Å². The Labute approximate surface area is 402 Å². The summed E-state index contributed by atoms with van der Waals surface area (Å²) in [5.41, 5.74) is 8.78. The number of anilines is 2. The van der Waals surface area contributed by atoms with Crippen molar-refractivity contribution < 1.29 is 0 Å². The summed E-state index contributed by atoms with van der Waals surface area (Å²) < 4.78 is 2.50. The van der Waals surface area contributed by atoms with Crippen LogP contribution in [0.2, 0.25) is 15.1 Å². The Morgan fingerprint density at radius 1 is 0.585 bits per heavy atom. The number of hydrogen-bond donors (Lipinski definition) is 0.